The maximum Gasteiger partial charge on any atom is 0.0721 e. The molecular weight excluding hydrogens is 302 g/mol. The molecule has 1 aromatic rings. The number of alkyl halides is 1. The van der Waals surface area contributed by atoms with Gasteiger partial charge in [0.1, 0.15) is 0 Å². The molecule has 1 saturated heterocycles. The fraction of sp³-hybridized carbons (Fsp3) is 0.538. The second kappa shape index (κ2) is 6.07. The molecule has 0 aliphatic carbocycles. The Morgan fingerprint density at radius 1 is 1.53 bits per heavy atom. The average Bonchev–Trinajstić information content (AvgIpc) is 2.54. The van der Waals surface area contributed by atoms with Crippen molar-refractivity contribution in [2.24, 2.45) is 0 Å². The van der Waals surface area contributed by atoms with Gasteiger partial charge in [-0.3, -0.25) is 0 Å². The molecule has 94 valence electrons. The van der Waals surface area contributed by atoms with E-state index in [-0.39, 0.29) is 6.10 Å². The van der Waals surface area contributed by atoms with Gasteiger partial charge in [0.05, 0.1) is 6.10 Å². The minimum absolute atomic E-state index is 0.284. The van der Waals surface area contributed by atoms with Crippen molar-refractivity contribution < 1.29 is 4.74 Å². The third kappa shape index (κ3) is 3.36. The molecule has 17 heavy (non-hydrogen) atoms. The summed E-state index contributed by atoms with van der Waals surface area (Å²) in [6.45, 7) is 4.94. The molecule has 4 heteroatoms. The summed E-state index contributed by atoms with van der Waals surface area (Å²) in [4.78, 5) is 2.35. The lowest BCUT2D eigenvalue weighted by Crippen LogP contribution is -2.30. The molecule has 0 aromatic heterocycles. The first-order valence-corrected chi connectivity index (χ1v) is 7.41. The molecule has 0 saturated carbocycles. The second-order valence-corrected chi connectivity index (χ2v) is 5.36. The van der Waals surface area contributed by atoms with Gasteiger partial charge in [0.15, 0.2) is 0 Å². The van der Waals surface area contributed by atoms with Gasteiger partial charge in [-0.1, -0.05) is 33.6 Å². The van der Waals surface area contributed by atoms with E-state index in [0.717, 1.165) is 42.0 Å². The number of hydrogen-bond donors (Lipinski definition) is 0. The van der Waals surface area contributed by atoms with Crippen LogP contribution >= 0.6 is 27.5 Å². The molecule has 0 spiro atoms. The molecule has 1 aliphatic rings. The van der Waals surface area contributed by atoms with Gasteiger partial charge in [-0.15, -0.1) is 0 Å². The fourth-order valence-electron chi connectivity index (χ4n) is 2.07. The van der Waals surface area contributed by atoms with Gasteiger partial charge in [0.2, 0.25) is 0 Å². The van der Waals surface area contributed by atoms with Crippen LogP contribution in [-0.4, -0.2) is 25.8 Å². The largest absolute Gasteiger partial charge is 0.377 e. The number of halogens is 2. The van der Waals surface area contributed by atoms with Crippen LogP contribution in [0.3, 0.4) is 0 Å². The molecule has 0 bridgehead atoms. The highest BCUT2D eigenvalue weighted by atomic mass is 79.9. The summed E-state index contributed by atoms with van der Waals surface area (Å²) in [7, 11) is 0. The first kappa shape index (κ1) is 13.2. The Hall–Kier alpha value is -0.250. The van der Waals surface area contributed by atoms with E-state index in [2.05, 4.69) is 46.0 Å². The minimum Gasteiger partial charge on any atom is -0.377 e. The minimum atomic E-state index is 0.284. The van der Waals surface area contributed by atoms with Crippen LogP contribution in [0.25, 0.3) is 0 Å². The number of hydrogen-bond acceptors (Lipinski definition) is 2. The van der Waals surface area contributed by atoms with Gasteiger partial charge in [-0.05, 0) is 31.0 Å². The molecule has 1 fully saturated rings. The van der Waals surface area contributed by atoms with Gasteiger partial charge in [0, 0.05) is 35.7 Å². The Balaban J connectivity index is 2.17. The van der Waals surface area contributed by atoms with Gasteiger partial charge in [0.25, 0.3) is 0 Å². The normalized spacial score (nSPS) is 21.4. The zero-order chi connectivity index (χ0) is 12.3. The molecular formula is C13H17BrClNO. The predicted molar refractivity (Wildman–Crippen MR) is 76.3 cm³/mol. The lowest BCUT2D eigenvalue weighted by molar-refractivity contribution is 0.0821. The summed E-state index contributed by atoms with van der Waals surface area (Å²) < 4.78 is 5.65. The van der Waals surface area contributed by atoms with Crippen LogP contribution in [0.2, 0.25) is 5.02 Å². The molecule has 1 aliphatic heterocycles. The van der Waals surface area contributed by atoms with Crippen LogP contribution < -0.4 is 4.90 Å². The van der Waals surface area contributed by atoms with Crippen molar-refractivity contribution in [3.05, 3.63) is 28.8 Å². The van der Waals surface area contributed by atoms with Gasteiger partial charge >= 0.3 is 0 Å². The van der Waals surface area contributed by atoms with Gasteiger partial charge in [-0.2, -0.15) is 0 Å². The van der Waals surface area contributed by atoms with Gasteiger partial charge in [-0.25, -0.2) is 0 Å². The number of benzene rings is 1. The monoisotopic (exact) mass is 317 g/mol. The van der Waals surface area contributed by atoms with E-state index < -0.39 is 0 Å². The van der Waals surface area contributed by atoms with E-state index >= 15 is 0 Å². The summed E-state index contributed by atoms with van der Waals surface area (Å²) in [5, 5.41) is 1.63. The molecule has 2 rings (SSSR count). The first-order valence-electron chi connectivity index (χ1n) is 5.91. The number of anilines is 1. The van der Waals surface area contributed by atoms with Crippen LogP contribution in [0, 0.1) is 0 Å². The number of ether oxygens (including phenoxy) is 1. The van der Waals surface area contributed by atoms with Gasteiger partial charge < -0.3 is 9.64 Å². The van der Waals surface area contributed by atoms with Crippen LogP contribution in [0.4, 0.5) is 5.69 Å². The third-order valence-corrected chi connectivity index (χ3v) is 3.95. The van der Waals surface area contributed by atoms with Crippen molar-refractivity contribution in [3.8, 4) is 0 Å². The molecule has 2 nitrogen and oxygen atoms in total. The van der Waals surface area contributed by atoms with Crippen molar-refractivity contribution in [2.75, 3.05) is 24.6 Å². The molecule has 1 aromatic carbocycles. The fourth-order valence-corrected chi connectivity index (χ4v) is 2.96. The van der Waals surface area contributed by atoms with E-state index in [1.54, 1.807) is 0 Å². The average molecular weight is 319 g/mol. The topological polar surface area (TPSA) is 12.5 Å². The van der Waals surface area contributed by atoms with E-state index in [4.69, 9.17) is 16.3 Å². The Morgan fingerprint density at radius 3 is 3.06 bits per heavy atom. The summed E-state index contributed by atoms with van der Waals surface area (Å²) in [6.07, 6.45) is 1.36. The molecule has 0 amide bonds. The second-order valence-electron chi connectivity index (χ2n) is 4.39. The first-order chi connectivity index (χ1) is 8.20. The standard InChI is InChI=1S/C13H17BrClNO/c1-10-9-16(5-2-6-17-10)12-4-3-11(8-14)13(15)7-12/h3-4,7,10H,2,5-6,8-9H2,1H3. The molecule has 1 heterocycles. The van der Waals surface area contributed by atoms with Crippen molar-refractivity contribution in [1.29, 1.82) is 0 Å². The Bertz CT molecular complexity index is 386. The zero-order valence-electron chi connectivity index (χ0n) is 9.96. The third-order valence-electron chi connectivity index (χ3n) is 3.00. The molecule has 0 N–H and O–H groups in total. The quantitative estimate of drug-likeness (QED) is 0.768. The van der Waals surface area contributed by atoms with Crippen molar-refractivity contribution in [3.63, 3.8) is 0 Å². The van der Waals surface area contributed by atoms with Crippen molar-refractivity contribution in [2.45, 2.75) is 24.8 Å². The Kier molecular flexibility index (Phi) is 4.71. The highest BCUT2D eigenvalue weighted by Gasteiger charge is 2.16. The lowest BCUT2D eigenvalue weighted by atomic mass is 10.2. The van der Waals surface area contributed by atoms with Crippen molar-refractivity contribution >= 4 is 33.2 Å². The van der Waals surface area contributed by atoms with E-state index in [0.29, 0.717) is 0 Å². The lowest BCUT2D eigenvalue weighted by Gasteiger charge is -2.24. The Labute approximate surface area is 116 Å². The van der Waals surface area contributed by atoms with Crippen LogP contribution in [-0.2, 0) is 10.1 Å². The van der Waals surface area contributed by atoms with Crippen LogP contribution in [0.1, 0.15) is 18.9 Å². The zero-order valence-corrected chi connectivity index (χ0v) is 12.3. The van der Waals surface area contributed by atoms with Crippen LogP contribution in [0.5, 0.6) is 0 Å². The predicted octanol–water partition coefficient (Wildman–Crippen LogP) is 3.85. The SMILES string of the molecule is CC1CN(c2ccc(CBr)c(Cl)c2)CCCO1. The summed E-state index contributed by atoms with van der Waals surface area (Å²) >= 11 is 9.67. The number of nitrogens with zero attached hydrogens (tertiary/aromatic N) is 1. The number of rotatable bonds is 2. The van der Waals surface area contributed by atoms with E-state index in [9.17, 15) is 0 Å². The van der Waals surface area contributed by atoms with E-state index in [1.807, 2.05) is 0 Å². The summed E-state index contributed by atoms with van der Waals surface area (Å²) in [6, 6.07) is 6.28. The molecule has 0 radical (unpaired) electrons. The molecule has 1 unspecified atom stereocenters. The van der Waals surface area contributed by atoms with E-state index in [1.165, 1.54) is 5.69 Å². The smallest absolute Gasteiger partial charge is 0.0721 e. The maximum atomic E-state index is 6.24. The van der Waals surface area contributed by atoms with Crippen molar-refractivity contribution in [1.82, 2.24) is 0 Å². The maximum absolute atomic E-state index is 6.24. The van der Waals surface area contributed by atoms with Crippen LogP contribution in [0.15, 0.2) is 18.2 Å². The molecule has 1 atom stereocenters. The Morgan fingerprint density at radius 2 is 2.35 bits per heavy atom. The highest BCUT2D eigenvalue weighted by Crippen LogP contribution is 2.26. The summed E-state index contributed by atoms with van der Waals surface area (Å²) in [5.41, 5.74) is 2.33. The summed E-state index contributed by atoms with van der Waals surface area (Å²) in [5.74, 6) is 0. The highest BCUT2D eigenvalue weighted by molar-refractivity contribution is 9.08.